The van der Waals surface area contributed by atoms with Crippen molar-refractivity contribution in [3.63, 3.8) is 0 Å². The van der Waals surface area contributed by atoms with E-state index in [0.717, 1.165) is 63.1 Å². The van der Waals surface area contributed by atoms with Crippen LogP contribution in [0.2, 0.25) is 0 Å². The van der Waals surface area contributed by atoms with Gasteiger partial charge in [0.15, 0.2) is 5.96 Å². The molecule has 6 nitrogen and oxygen atoms in total. The van der Waals surface area contributed by atoms with Gasteiger partial charge in [0.2, 0.25) is 0 Å². The number of guanidine groups is 1. The fraction of sp³-hybridized carbons (Fsp3) is 0.789. The van der Waals surface area contributed by atoms with Crippen LogP contribution in [0.5, 0.6) is 0 Å². The maximum atomic E-state index is 6.12. The number of piperidine rings is 1. The summed E-state index contributed by atoms with van der Waals surface area (Å²) in [6.45, 7) is 9.36. The van der Waals surface area contributed by atoms with E-state index in [9.17, 15) is 0 Å². The average Bonchev–Trinajstić information content (AvgIpc) is 3.10. The molecule has 0 amide bonds. The normalized spacial score (nSPS) is 21.8. The number of aliphatic imine (C=N–C) groups is 1. The first-order chi connectivity index (χ1) is 12.7. The molecule has 1 aromatic heterocycles. The summed E-state index contributed by atoms with van der Waals surface area (Å²) < 4.78 is 11.9. The predicted molar refractivity (Wildman–Crippen MR) is 121 cm³/mol. The van der Waals surface area contributed by atoms with Crippen molar-refractivity contribution >= 4 is 41.3 Å². The third kappa shape index (κ3) is 7.47. The molecule has 0 bridgehead atoms. The number of hydrogen-bond donors (Lipinski definition) is 1. The molecule has 2 fully saturated rings. The van der Waals surface area contributed by atoms with Crippen molar-refractivity contribution in [3.8, 4) is 0 Å². The van der Waals surface area contributed by atoms with E-state index >= 15 is 0 Å². The van der Waals surface area contributed by atoms with Gasteiger partial charge in [0.25, 0.3) is 0 Å². The lowest BCUT2D eigenvalue weighted by Crippen LogP contribution is -2.47. The van der Waals surface area contributed by atoms with Gasteiger partial charge in [-0.3, -0.25) is 0 Å². The summed E-state index contributed by atoms with van der Waals surface area (Å²) in [6.07, 6.45) is 8.31. The van der Waals surface area contributed by atoms with Gasteiger partial charge >= 0.3 is 0 Å². The van der Waals surface area contributed by atoms with Crippen LogP contribution in [0.4, 0.5) is 0 Å². The van der Waals surface area contributed by atoms with Gasteiger partial charge < -0.3 is 19.7 Å². The van der Waals surface area contributed by atoms with Gasteiger partial charge in [-0.1, -0.05) is 0 Å². The second kappa shape index (κ2) is 12.2. The molecule has 1 N–H and O–H groups in total. The van der Waals surface area contributed by atoms with Crippen LogP contribution in [0.15, 0.2) is 11.2 Å². The molecule has 2 aliphatic heterocycles. The van der Waals surface area contributed by atoms with Crippen molar-refractivity contribution in [2.45, 2.75) is 64.7 Å². The standard InChI is InChI=1S/C19H32N4O2S.HI/c1-3-20-19(22-13-18-12-21-15(2)26-18)23-9-7-16(8-10-23)25-14-17-6-4-5-11-24-17;/h12,16-17H,3-11,13-14H2,1-2H3,(H,20,22);1H. The lowest BCUT2D eigenvalue weighted by molar-refractivity contribution is -0.0721. The molecule has 8 heteroatoms. The third-order valence-corrected chi connectivity index (χ3v) is 5.82. The Labute approximate surface area is 184 Å². The summed E-state index contributed by atoms with van der Waals surface area (Å²) in [6, 6.07) is 0. The van der Waals surface area contributed by atoms with E-state index in [2.05, 4.69) is 22.1 Å². The number of rotatable bonds is 6. The van der Waals surface area contributed by atoms with E-state index in [1.807, 2.05) is 13.1 Å². The first kappa shape index (κ1) is 22.8. The number of nitrogens with one attached hydrogen (secondary N) is 1. The van der Waals surface area contributed by atoms with Crippen LogP contribution >= 0.6 is 35.3 Å². The second-order valence-corrected chi connectivity index (χ2v) is 8.34. The van der Waals surface area contributed by atoms with Crippen LogP contribution < -0.4 is 5.32 Å². The quantitative estimate of drug-likeness (QED) is 0.362. The Kier molecular flexibility index (Phi) is 10.3. The zero-order valence-corrected chi connectivity index (χ0v) is 19.6. The summed E-state index contributed by atoms with van der Waals surface area (Å²) >= 11 is 1.72. The predicted octanol–water partition coefficient (Wildman–Crippen LogP) is 3.59. The number of aryl methyl sites for hydroxylation is 1. The minimum atomic E-state index is 0. The first-order valence-corrected chi connectivity index (χ1v) is 10.7. The zero-order chi connectivity index (χ0) is 18.2. The molecular weight excluding hydrogens is 475 g/mol. The molecule has 0 aliphatic carbocycles. The van der Waals surface area contributed by atoms with Crippen LogP contribution in [0.25, 0.3) is 0 Å². The lowest BCUT2D eigenvalue weighted by atomic mass is 10.1. The van der Waals surface area contributed by atoms with Crippen molar-refractivity contribution < 1.29 is 9.47 Å². The van der Waals surface area contributed by atoms with Crippen LogP contribution in [-0.4, -0.2) is 60.9 Å². The minimum absolute atomic E-state index is 0. The fourth-order valence-electron chi connectivity index (χ4n) is 3.47. The van der Waals surface area contributed by atoms with Crippen LogP contribution in [0.3, 0.4) is 0 Å². The van der Waals surface area contributed by atoms with Gasteiger partial charge in [0, 0.05) is 37.3 Å². The van der Waals surface area contributed by atoms with Crippen molar-refractivity contribution in [2.24, 2.45) is 4.99 Å². The summed E-state index contributed by atoms with van der Waals surface area (Å²) in [5.41, 5.74) is 0. The smallest absolute Gasteiger partial charge is 0.194 e. The molecule has 2 aliphatic rings. The molecule has 1 aromatic rings. The van der Waals surface area contributed by atoms with Crippen LogP contribution in [-0.2, 0) is 16.0 Å². The number of ether oxygens (including phenoxy) is 2. The molecule has 0 spiro atoms. The Hall–Kier alpha value is -0.450. The second-order valence-electron chi connectivity index (χ2n) is 7.02. The Morgan fingerprint density at radius 2 is 2.19 bits per heavy atom. The monoisotopic (exact) mass is 508 g/mol. The number of nitrogens with zero attached hydrogens (tertiary/aromatic N) is 3. The van der Waals surface area contributed by atoms with E-state index in [1.165, 1.54) is 17.7 Å². The molecule has 3 heterocycles. The van der Waals surface area contributed by atoms with Crippen LogP contribution in [0, 0.1) is 6.92 Å². The molecule has 1 atom stereocenters. The molecular formula is C19H33IN4O2S. The highest BCUT2D eigenvalue weighted by atomic mass is 127. The SMILES string of the molecule is CCNC(=NCc1cnc(C)s1)N1CCC(OCC2CCCCO2)CC1.I. The molecule has 0 radical (unpaired) electrons. The number of likely N-dealkylation sites (tertiary alicyclic amines) is 1. The highest BCUT2D eigenvalue weighted by Crippen LogP contribution is 2.18. The molecule has 1 unspecified atom stereocenters. The number of thiazole rings is 1. The summed E-state index contributed by atoms with van der Waals surface area (Å²) in [5.74, 6) is 1.01. The number of aromatic nitrogens is 1. The van der Waals surface area contributed by atoms with Crippen LogP contribution in [0.1, 0.15) is 48.9 Å². The van der Waals surface area contributed by atoms with Gasteiger partial charge in [-0.05, 0) is 46.0 Å². The highest BCUT2D eigenvalue weighted by Gasteiger charge is 2.23. The van der Waals surface area contributed by atoms with E-state index < -0.39 is 0 Å². The molecule has 0 saturated carbocycles. The molecule has 154 valence electrons. The number of halogens is 1. The van der Waals surface area contributed by atoms with Gasteiger partial charge in [0.05, 0.1) is 30.4 Å². The highest BCUT2D eigenvalue weighted by molar-refractivity contribution is 14.0. The largest absolute Gasteiger partial charge is 0.376 e. The van der Waals surface area contributed by atoms with E-state index in [4.69, 9.17) is 14.5 Å². The Morgan fingerprint density at radius 3 is 2.81 bits per heavy atom. The minimum Gasteiger partial charge on any atom is -0.376 e. The van der Waals surface area contributed by atoms with Gasteiger partial charge in [-0.25, -0.2) is 9.98 Å². The van der Waals surface area contributed by atoms with Crippen molar-refractivity contribution in [1.82, 2.24) is 15.2 Å². The fourth-order valence-corrected chi connectivity index (χ4v) is 4.19. The molecule has 0 aromatic carbocycles. The summed E-state index contributed by atoms with van der Waals surface area (Å²) in [5, 5.41) is 4.52. The van der Waals surface area contributed by atoms with E-state index in [1.54, 1.807) is 11.3 Å². The number of hydrogen-bond acceptors (Lipinski definition) is 5. The summed E-state index contributed by atoms with van der Waals surface area (Å²) in [4.78, 5) is 12.7. The molecule has 2 saturated heterocycles. The topological polar surface area (TPSA) is 59.0 Å². The van der Waals surface area contributed by atoms with Crippen molar-refractivity contribution in [2.75, 3.05) is 32.8 Å². The summed E-state index contributed by atoms with van der Waals surface area (Å²) in [7, 11) is 0. The first-order valence-electron chi connectivity index (χ1n) is 9.92. The molecule has 27 heavy (non-hydrogen) atoms. The van der Waals surface area contributed by atoms with E-state index in [0.29, 0.717) is 18.8 Å². The lowest BCUT2D eigenvalue weighted by Gasteiger charge is -2.35. The maximum Gasteiger partial charge on any atom is 0.194 e. The third-order valence-electron chi connectivity index (χ3n) is 4.92. The Balaban J connectivity index is 0.00000261. The van der Waals surface area contributed by atoms with Gasteiger partial charge in [0.1, 0.15) is 0 Å². The Morgan fingerprint density at radius 1 is 1.37 bits per heavy atom. The zero-order valence-electron chi connectivity index (χ0n) is 16.5. The Bertz CT molecular complexity index is 570. The van der Waals surface area contributed by atoms with Gasteiger partial charge in [-0.15, -0.1) is 35.3 Å². The van der Waals surface area contributed by atoms with Crippen molar-refractivity contribution in [3.05, 3.63) is 16.1 Å². The maximum absolute atomic E-state index is 6.12. The average molecular weight is 508 g/mol. The molecule has 3 rings (SSSR count). The van der Waals surface area contributed by atoms with Crippen molar-refractivity contribution in [1.29, 1.82) is 0 Å². The van der Waals surface area contributed by atoms with E-state index in [-0.39, 0.29) is 24.0 Å². The van der Waals surface area contributed by atoms with Gasteiger partial charge in [-0.2, -0.15) is 0 Å².